The van der Waals surface area contributed by atoms with Crippen LogP contribution in [0.2, 0.25) is 0 Å². The maximum atomic E-state index is 11.3. The molecule has 1 saturated heterocycles. The molecule has 1 atom stereocenters. The van der Waals surface area contributed by atoms with Crippen LogP contribution in [-0.2, 0) is 16.6 Å². The number of hydrogen-bond acceptors (Lipinski definition) is 5. The number of morpholine rings is 1. The second kappa shape index (κ2) is 8.12. The molecule has 3 rings (SSSR count). The second-order valence-electron chi connectivity index (χ2n) is 6.97. The predicted octanol–water partition coefficient (Wildman–Crippen LogP) is 1.19. The number of nitrogens with one attached hydrogen (secondary N) is 1. The summed E-state index contributed by atoms with van der Waals surface area (Å²) in [7, 11) is 1.86. The third-order valence-electron chi connectivity index (χ3n) is 4.93. The molecule has 1 aromatic rings. The Bertz CT molecular complexity index is 633. The molecule has 2 aliphatic rings. The number of amides is 1. The van der Waals surface area contributed by atoms with Gasteiger partial charge in [-0.25, -0.2) is 0 Å². The summed E-state index contributed by atoms with van der Waals surface area (Å²) < 4.78 is 7.18. The van der Waals surface area contributed by atoms with Crippen molar-refractivity contribution < 1.29 is 9.53 Å². The summed E-state index contributed by atoms with van der Waals surface area (Å²) in [5.74, 6) is 0.662. The maximum absolute atomic E-state index is 11.3. The highest BCUT2D eigenvalue weighted by molar-refractivity contribution is 5.88. The second-order valence-corrected chi connectivity index (χ2v) is 6.97. The van der Waals surface area contributed by atoms with Crippen molar-refractivity contribution in [2.24, 2.45) is 7.05 Å². The molecular formula is C18H29N5O2. The number of aromatic nitrogens is 2. The van der Waals surface area contributed by atoms with Gasteiger partial charge in [-0.2, -0.15) is 5.10 Å². The normalized spacial score (nSPS) is 21.0. The quantitative estimate of drug-likeness (QED) is 0.867. The Hall–Kier alpha value is -1.70. The molecule has 0 radical (unpaired) electrons. The first-order chi connectivity index (χ1) is 12.0. The zero-order valence-corrected chi connectivity index (χ0v) is 15.5. The van der Waals surface area contributed by atoms with Crippen molar-refractivity contribution in [2.45, 2.75) is 26.3 Å². The van der Waals surface area contributed by atoms with Gasteiger partial charge in [-0.05, 0) is 18.9 Å². The monoisotopic (exact) mass is 347 g/mol. The van der Waals surface area contributed by atoms with Crippen molar-refractivity contribution in [2.75, 3.05) is 51.3 Å². The summed E-state index contributed by atoms with van der Waals surface area (Å²) in [4.78, 5) is 16.3. The molecule has 1 aromatic heterocycles. The highest BCUT2D eigenvalue weighted by atomic mass is 16.5. The highest BCUT2D eigenvalue weighted by Crippen LogP contribution is 2.23. The number of hydrogen-bond donors (Lipinski definition) is 1. The van der Waals surface area contributed by atoms with Gasteiger partial charge in [0.05, 0.1) is 18.9 Å². The lowest BCUT2D eigenvalue weighted by molar-refractivity contribution is -0.114. The average molecular weight is 347 g/mol. The smallest absolute Gasteiger partial charge is 0.222 e. The van der Waals surface area contributed by atoms with E-state index in [1.807, 2.05) is 13.1 Å². The Morgan fingerprint density at radius 1 is 1.36 bits per heavy atom. The maximum Gasteiger partial charge on any atom is 0.222 e. The molecule has 7 nitrogen and oxygen atoms in total. The number of anilines is 1. The van der Waals surface area contributed by atoms with Crippen molar-refractivity contribution in [3.63, 3.8) is 0 Å². The van der Waals surface area contributed by atoms with Crippen LogP contribution in [0, 0.1) is 0 Å². The van der Waals surface area contributed by atoms with Gasteiger partial charge < -0.3 is 10.1 Å². The Morgan fingerprint density at radius 3 is 2.84 bits per heavy atom. The zero-order valence-electron chi connectivity index (χ0n) is 15.5. The van der Waals surface area contributed by atoms with Gasteiger partial charge in [0, 0.05) is 58.8 Å². The first kappa shape index (κ1) is 18.1. The van der Waals surface area contributed by atoms with Gasteiger partial charge in [-0.1, -0.05) is 6.08 Å². The van der Waals surface area contributed by atoms with Crippen LogP contribution in [0.15, 0.2) is 12.1 Å². The Kier molecular flexibility index (Phi) is 5.88. The van der Waals surface area contributed by atoms with Gasteiger partial charge in [0.25, 0.3) is 0 Å². The lowest BCUT2D eigenvalue weighted by Crippen LogP contribution is -2.48. The highest BCUT2D eigenvalue weighted by Gasteiger charge is 2.22. The molecule has 0 aromatic carbocycles. The summed E-state index contributed by atoms with van der Waals surface area (Å²) >= 11 is 0. The van der Waals surface area contributed by atoms with E-state index in [9.17, 15) is 4.79 Å². The number of carbonyl (C=O) groups excluding carboxylic acids is 1. The first-order valence-corrected chi connectivity index (χ1v) is 9.08. The number of nitrogens with zero attached hydrogens (tertiary/aromatic N) is 4. The van der Waals surface area contributed by atoms with E-state index in [1.165, 1.54) is 12.5 Å². The Morgan fingerprint density at radius 2 is 2.12 bits per heavy atom. The van der Waals surface area contributed by atoms with Crippen molar-refractivity contribution >= 4 is 17.3 Å². The summed E-state index contributed by atoms with van der Waals surface area (Å²) in [5, 5.41) is 7.39. The van der Waals surface area contributed by atoms with Crippen LogP contribution < -0.4 is 5.32 Å². The van der Waals surface area contributed by atoms with E-state index in [2.05, 4.69) is 33.2 Å². The summed E-state index contributed by atoms with van der Waals surface area (Å²) in [6.07, 6.45) is 3.31. The number of aryl methyl sites for hydroxylation is 1. The SMILES string of the molecule is CC(=O)Nc1cc(C2=CCCN(CC(C)N3CCOCC3)C2)nn1C. The Balaban J connectivity index is 1.61. The van der Waals surface area contributed by atoms with Crippen LogP contribution in [0.25, 0.3) is 5.57 Å². The minimum atomic E-state index is -0.0758. The van der Waals surface area contributed by atoms with Gasteiger partial charge >= 0.3 is 0 Å². The van der Waals surface area contributed by atoms with Gasteiger partial charge in [0.1, 0.15) is 5.82 Å². The van der Waals surface area contributed by atoms with Crippen molar-refractivity contribution in [3.8, 4) is 0 Å². The van der Waals surface area contributed by atoms with E-state index in [1.54, 1.807) is 4.68 Å². The molecule has 138 valence electrons. The summed E-state index contributed by atoms with van der Waals surface area (Å²) in [5.41, 5.74) is 2.20. The van der Waals surface area contributed by atoms with Gasteiger partial charge in [0.2, 0.25) is 5.91 Å². The van der Waals surface area contributed by atoms with Crippen LogP contribution in [-0.4, -0.2) is 77.5 Å². The molecule has 1 unspecified atom stereocenters. The Labute approximate surface area is 149 Å². The third kappa shape index (κ3) is 4.68. The molecular weight excluding hydrogens is 318 g/mol. The van der Waals surface area contributed by atoms with E-state index in [-0.39, 0.29) is 5.91 Å². The lowest BCUT2D eigenvalue weighted by atomic mass is 10.1. The van der Waals surface area contributed by atoms with Crippen LogP contribution >= 0.6 is 0 Å². The van der Waals surface area contributed by atoms with Crippen molar-refractivity contribution in [3.05, 3.63) is 17.8 Å². The zero-order chi connectivity index (χ0) is 17.8. The van der Waals surface area contributed by atoms with E-state index in [0.717, 1.165) is 63.9 Å². The molecule has 2 aliphatic heterocycles. The van der Waals surface area contributed by atoms with Gasteiger partial charge in [-0.3, -0.25) is 19.3 Å². The van der Waals surface area contributed by atoms with Crippen molar-refractivity contribution in [1.29, 1.82) is 0 Å². The van der Waals surface area contributed by atoms with Crippen LogP contribution in [0.3, 0.4) is 0 Å². The van der Waals surface area contributed by atoms with Gasteiger partial charge in [0.15, 0.2) is 0 Å². The van der Waals surface area contributed by atoms with E-state index in [4.69, 9.17) is 4.74 Å². The molecule has 1 N–H and O–H groups in total. The fourth-order valence-corrected chi connectivity index (χ4v) is 3.58. The lowest BCUT2D eigenvalue weighted by Gasteiger charge is -2.36. The minimum Gasteiger partial charge on any atom is -0.379 e. The van der Waals surface area contributed by atoms with Crippen LogP contribution in [0.1, 0.15) is 26.0 Å². The molecule has 1 fully saturated rings. The van der Waals surface area contributed by atoms with Crippen LogP contribution in [0.5, 0.6) is 0 Å². The van der Waals surface area contributed by atoms with Gasteiger partial charge in [-0.15, -0.1) is 0 Å². The largest absolute Gasteiger partial charge is 0.379 e. The minimum absolute atomic E-state index is 0.0758. The van der Waals surface area contributed by atoms with Crippen molar-refractivity contribution in [1.82, 2.24) is 19.6 Å². The fourth-order valence-electron chi connectivity index (χ4n) is 3.58. The molecule has 0 bridgehead atoms. The van der Waals surface area contributed by atoms with Crippen LogP contribution in [0.4, 0.5) is 5.82 Å². The average Bonchev–Trinajstić information content (AvgIpc) is 2.96. The molecule has 7 heteroatoms. The van der Waals surface area contributed by atoms with E-state index in [0.29, 0.717) is 6.04 Å². The number of carbonyl (C=O) groups is 1. The molecule has 0 aliphatic carbocycles. The molecule has 0 saturated carbocycles. The topological polar surface area (TPSA) is 62.6 Å². The predicted molar refractivity (Wildman–Crippen MR) is 98.4 cm³/mol. The molecule has 3 heterocycles. The molecule has 1 amide bonds. The summed E-state index contributed by atoms with van der Waals surface area (Å²) in [6, 6.07) is 2.49. The summed E-state index contributed by atoms with van der Waals surface area (Å²) in [6.45, 7) is 10.6. The van der Waals surface area contributed by atoms with E-state index < -0.39 is 0 Å². The fraction of sp³-hybridized carbons (Fsp3) is 0.667. The third-order valence-corrected chi connectivity index (χ3v) is 4.93. The number of ether oxygens (including phenoxy) is 1. The molecule has 0 spiro atoms. The van der Waals surface area contributed by atoms with E-state index >= 15 is 0 Å². The first-order valence-electron chi connectivity index (χ1n) is 9.08. The molecule has 25 heavy (non-hydrogen) atoms. The standard InChI is InChI=1S/C18H29N5O2/c1-14(23-7-9-25-10-8-23)12-22-6-4-5-16(13-22)17-11-18(19-15(2)24)21(3)20-17/h5,11,14H,4,6-10,12-13H2,1-3H3,(H,19,24). The number of rotatable bonds is 5.